The molecular weight excluding hydrogens is 250 g/mol. The van der Waals surface area contributed by atoms with Crippen molar-refractivity contribution in [2.24, 2.45) is 5.41 Å². The van der Waals surface area contributed by atoms with Crippen molar-refractivity contribution >= 4 is 23.3 Å². The Morgan fingerprint density at radius 3 is 2.50 bits per heavy atom. The van der Waals surface area contributed by atoms with E-state index in [1.54, 1.807) is 6.07 Å². The van der Waals surface area contributed by atoms with Gasteiger partial charge >= 0.3 is 5.97 Å². The van der Waals surface area contributed by atoms with E-state index in [2.05, 4.69) is 18.7 Å². The number of carbonyl (C=O) groups is 1. The van der Waals surface area contributed by atoms with Crippen LogP contribution in [0.5, 0.6) is 0 Å². The van der Waals surface area contributed by atoms with Gasteiger partial charge in [0.15, 0.2) is 0 Å². The molecule has 1 aromatic carbocycles. The Morgan fingerprint density at radius 2 is 1.94 bits per heavy atom. The van der Waals surface area contributed by atoms with Crippen molar-refractivity contribution < 1.29 is 9.90 Å². The molecule has 0 amide bonds. The Morgan fingerprint density at radius 1 is 1.33 bits per heavy atom. The number of aromatic carboxylic acids is 1. The summed E-state index contributed by atoms with van der Waals surface area (Å²) in [5, 5.41) is 9.58. The van der Waals surface area contributed by atoms with Gasteiger partial charge in [-0.1, -0.05) is 31.5 Å². The highest BCUT2D eigenvalue weighted by Crippen LogP contribution is 2.35. The molecule has 1 aliphatic rings. The molecule has 3 nitrogen and oxygen atoms in total. The molecule has 0 spiro atoms. The highest BCUT2D eigenvalue weighted by molar-refractivity contribution is 6.34. The fraction of sp³-hybridized carbons (Fsp3) is 0.500. The van der Waals surface area contributed by atoms with Crippen LogP contribution in [0.2, 0.25) is 5.02 Å². The minimum atomic E-state index is -0.958. The van der Waals surface area contributed by atoms with Gasteiger partial charge < -0.3 is 10.0 Å². The first kappa shape index (κ1) is 13.2. The average molecular weight is 268 g/mol. The predicted molar refractivity (Wildman–Crippen MR) is 73.6 cm³/mol. The first-order valence-electron chi connectivity index (χ1n) is 6.17. The van der Waals surface area contributed by atoms with E-state index in [0.29, 0.717) is 10.4 Å². The van der Waals surface area contributed by atoms with Gasteiger partial charge in [-0.2, -0.15) is 0 Å². The molecule has 0 radical (unpaired) electrons. The molecule has 0 atom stereocenters. The molecule has 1 fully saturated rings. The number of carboxylic acid groups (broad SMARTS) is 1. The van der Waals surface area contributed by atoms with Crippen LogP contribution >= 0.6 is 11.6 Å². The van der Waals surface area contributed by atoms with Crippen molar-refractivity contribution in [3.05, 3.63) is 28.8 Å². The van der Waals surface area contributed by atoms with E-state index in [1.165, 1.54) is 0 Å². The lowest BCUT2D eigenvalue weighted by Gasteiger charge is -2.38. The summed E-state index contributed by atoms with van der Waals surface area (Å²) in [4.78, 5) is 13.4. The zero-order valence-corrected chi connectivity index (χ0v) is 11.5. The van der Waals surface area contributed by atoms with Crippen molar-refractivity contribution in [3.63, 3.8) is 0 Å². The number of anilines is 1. The quantitative estimate of drug-likeness (QED) is 0.889. The van der Waals surface area contributed by atoms with Gasteiger partial charge in [-0.05, 0) is 30.4 Å². The van der Waals surface area contributed by atoms with E-state index in [0.717, 1.165) is 31.6 Å². The number of carboxylic acids is 1. The smallest absolute Gasteiger partial charge is 0.339 e. The largest absolute Gasteiger partial charge is 0.478 e. The normalized spacial score (nSPS) is 18.7. The first-order valence-corrected chi connectivity index (χ1v) is 6.55. The molecule has 0 bridgehead atoms. The number of hydrogen-bond donors (Lipinski definition) is 1. The Labute approximate surface area is 112 Å². The Bertz CT molecular complexity index is 461. The second-order valence-electron chi connectivity index (χ2n) is 5.59. The van der Waals surface area contributed by atoms with Crippen LogP contribution in [0.15, 0.2) is 18.2 Å². The number of piperidine rings is 1. The van der Waals surface area contributed by atoms with E-state index in [1.807, 2.05) is 12.1 Å². The maximum atomic E-state index is 11.3. The number of rotatable bonds is 2. The van der Waals surface area contributed by atoms with Crippen LogP contribution in [0.3, 0.4) is 0 Å². The van der Waals surface area contributed by atoms with Gasteiger partial charge in [0.05, 0.1) is 10.7 Å². The Balaban J connectivity index is 2.30. The lowest BCUT2D eigenvalue weighted by Crippen LogP contribution is -2.38. The van der Waals surface area contributed by atoms with Crippen LogP contribution in [0.4, 0.5) is 5.69 Å². The summed E-state index contributed by atoms with van der Waals surface area (Å²) < 4.78 is 0. The number of hydrogen-bond acceptors (Lipinski definition) is 2. The standard InChI is InChI=1S/C14H18ClNO2/c1-14(2)6-8-16(9-7-14)11-5-3-4-10(15)12(11)13(17)18/h3-5H,6-9H2,1-2H3,(H,17,18). The summed E-state index contributed by atoms with van der Waals surface area (Å²) in [7, 11) is 0. The summed E-state index contributed by atoms with van der Waals surface area (Å²) in [6.45, 7) is 6.27. The molecular formula is C14H18ClNO2. The molecule has 0 aromatic heterocycles. The topological polar surface area (TPSA) is 40.5 Å². The van der Waals surface area contributed by atoms with Gasteiger partial charge in [0.2, 0.25) is 0 Å². The molecule has 0 saturated carbocycles. The minimum absolute atomic E-state index is 0.221. The molecule has 18 heavy (non-hydrogen) atoms. The zero-order chi connectivity index (χ0) is 13.3. The van der Waals surface area contributed by atoms with E-state index in [4.69, 9.17) is 11.6 Å². The fourth-order valence-corrected chi connectivity index (χ4v) is 2.59. The first-order chi connectivity index (χ1) is 8.41. The summed E-state index contributed by atoms with van der Waals surface area (Å²) >= 11 is 5.99. The van der Waals surface area contributed by atoms with E-state index >= 15 is 0 Å². The Kier molecular flexibility index (Phi) is 3.53. The summed E-state index contributed by atoms with van der Waals surface area (Å²) in [5.41, 5.74) is 1.31. The molecule has 2 rings (SSSR count). The summed E-state index contributed by atoms with van der Waals surface area (Å²) in [5.74, 6) is -0.958. The maximum Gasteiger partial charge on any atom is 0.339 e. The monoisotopic (exact) mass is 267 g/mol. The number of nitrogens with zero attached hydrogens (tertiary/aromatic N) is 1. The van der Waals surface area contributed by atoms with Crippen LogP contribution in [0, 0.1) is 5.41 Å². The second kappa shape index (κ2) is 4.81. The van der Waals surface area contributed by atoms with Crippen molar-refractivity contribution in [2.45, 2.75) is 26.7 Å². The molecule has 98 valence electrons. The van der Waals surface area contributed by atoms with Crippen molar-refractivity contribution in [1.82, 2.24) is 0 Å². The highest BCUT2D eigenvalue weighted by atomic mass is 35.5. The SMILES string of the molecule is CC1(C)CCN(c2cccc(Cl)c2C(=O)O)CC1. The van der Waals surface area contributed by atoms with Crippen molar-refractivity contribution in [3.8, 4) is 0 Å². The molecule has 1 aliphatic heterocycles. The van der Waals surface area contributed by atoms with Gasteiger partial charge in [0, 0.05) is 13.1 Å². The van der Waals surface area contributed by atoms with Gasteiger partial charge in [0.25, 0.3) is 0 Å². The lowest BCUT2D eigenvalue weighted by molar-refractivity contribution is 0.0697. The fourth-order valence-electron chi connectivity index (χ4n) is 2.34. The third-order valence-corrected chi connectivity index (χ3v) is 3.98. The van der Waals surface area contributed by atoms with Gasteiger partial charge in [0.1, 0.15) is 5.56 Å². The van der Waals surface area contributed by atoms with Crippen molar-refractivity contribution in [1.29, 1.82) is 0 Å². The zero-order valence-electron chi connectivity index (χ0n) is 10.7. The van der Waals surface area contributed by atoms with Crippen molar-refractivity contribution in [2.75, 3.05) is 18.0 Å². The third-order valence-electron chi connectivity index (χ3n) is 3.66. The van der Waals surface area contributed by atoms with E-state index in [-0.39, 0.29) is 5.56 Å². The molecule has 0 aliphatic carbocycles. The van der Waals surface area contributed by atoms with Gasteiger partial charge in [-0.15, -0.1) is 0 Å². The molecule has 1 N–H and O–H groups in total. The van der Waals surface area contributed by atoms with Gasteiger partial charge in [-0.3, -0.25) is 0 Å². The maximum absolute atomic E-state index is 11.3. The van der Waals surface area contributed by atoms with Crippen LogP contribution < -0.4 is 4.90 Å². The van der Waals surface area contributed by atoms with Crippen LogP contribution in [-0.4, -0.2) is 24.2 Å². The molecule has 0 unspecified atom stereocenters. The summed E-state index contributed by atoms with van der Waals surface area (Å²) in [6, 6.07) is 5.28. The third kappa shape index (κ3) is 2.61. The van der Waals surface area contributed by atoms with Crippen LogP contribution in [0.1, 0.15) is 37.0 Å². The number of benzene rings is 1. The predicted octanol–water partition coefficient (Wildman–Crippen LogP) is 3.66. The molecule has 4 heteroatoms. The van der Waals surface area contributed by atoms with Crippen LogP contribution in [0.25, 0.3) is 0 Å². The number of halogens is 1. The molecule has 1 aromatic rings. The van der Waals surface area contributed by atoms with E-state index < -0.39 is 5.97 Å². The minimum Gasteiger partial charge on any atom is -0.478 e. The van der Waals surface area contributed by atoms with E-state index in [9.17, 15) is 9.90 Å². The van der Waals surface area contributed by atoms with Gasteiger partial charge in [-0.25, -0.2) is 4.79 Å². The average Bonchev–Trinajstić information content (AvgIpc) is 2.28. The molecule has 1 heterocycles. The highest BCUT2D eigenvalue weighted by Gasteiger charge is 2.28. The molecule has 1 saturated heterocycles. The van der Waals surface area contributed by atoms with Crippen LogP contribution in [-0.2, 0) is 0 Å². The Hall–Kier alpha value is -1.22. The summed E-state index contributed by atoms with van der Waals surface area (Å²) in [6.07, 6.45) is 2.14. The second-order valence-corrected chi connectivity index (χ2v) is 6.00. The lowest BCUT2D eigenvalue weighted by atomic mass is 9.82.